The van der Waals surface area contributed by atoms with Crippen molar-refractivity contribution in [3.05, 3.63) is 71.4 Å². The van der Waals surface area contributed by atoms with Crippen molar-refractivity contribution in [3.8, 4) is 16.9 Å². The number of nitrogens with zero attached hydrogens (tertiary/aromatic N) is 1. The van der Waals surface area contributed by atoms with Crippen LogP contribution in [-0.4, -0.2) is 55.2 Å². The smallest absolute Gasteiger partial charge is 0.341 e. The second-order valence-corrected chi connectivity index (χ2v) is 10.3. The van der Waals surface area contributed by atoms with Crippen molar-refractivity contribution >= 4 is 27.8 Å². The number of hydrogen-bond acceptors (Lipinski definition) is 7. The van der Waals surface area contributed by atoms with Crippen LogP contribution in [0.4, 0.5) is 10.1 Å². The van der Waals surface area contributed by atoms with Crippen LogP contribution in [0.15, 0.2) is 58.1 Å². The maximum absolute atomic E-state index is 14.0. The minimum Gasteiger partial charge on any atom is -0.484 e. The number of fused-ring (bicyclic) bond motifs is 3. The summed E-state index contributed by atoms with van der Waals surface area (Å²) in [6.07, 6.45) is 4.93. The van der Waals surface area contributed by atoms with E-state index in [4.69, 9.17) is 9.15 Å². The molecule has 36 heavy (non-hydrogen) atoms. The quantitative estimate of drug-likeness (QED) is 0.437. The first-order valence-corrected chi connectivity index (χ1v) is 12.7. The number of likely N-dealkylation sites (tertiary alicyclic amines) is 1. The predicted molar refractivity (Wildman–Crippen MR) is 129 cm³/mol. The lowest BCUT2D eigenvalue weighted by molar-refractivity contribution is 0.0692. The van der Waals surface area contributed by atoms with Gasteiger partial charge in [0.15, 0.2) is 0 Å². The largest absolute Gasteiger partial charge is 0.484 e. The van der Waals surface area contributed by atoms with E-state index in [1.165, 1.54) is 18.4 Å². The number of anilines is 1. The van der Waals surface area contributed by atoms with E-state index >= 15 is 0 Å². The summed E-state index contributed by atoms with van der Waals surface area (Å²) >= 11 is 0. The molecular weight excluding hydrogens is 491 g/mol. The summed E-state index contributed by atoms with van der Waals surface area (Å²) in [7, 11) is -4.31. The van der Waals surface area contributed by atoms with Crippen LogP contribution in [0.5, 0.6) is 5.75 Å². The standard InChI is InChI=1S/C25H23FN2O7S/c26-16-3-6-22(15(12-16)2-1-9-28-10-7-17(29)13-28)36(32,33)27-20-5-4-19-18-8-11-34-21(18)14-35-24(19)23(20)25(30)31/h1-6,8,11-12,17,27,29H,7,9-10,13-14H2,(H,30,31)/b2-1-/t17-/m0/s1. The average molecular weight is 515 g/mol. The van der Waals surface area contributed by atoms with Crippen LogP contribution in [0.3, 0.4) is 0 Å². The number of benzene rings is 2. The molecule has 9 nitrogen and oxygen atoms in total. The number of aromatic carboxylic acids is 1. The highest BCUT2D eigenvalue weighted by molar-refractivity contribution is 7.92. The van der Waals surface area contributed by atoms with E-state index in [0.717, 1.165) is 18.2 Å². The maximum Gasteiger partial charge on any atom is 0.341 e. The van der Waals surface area contributed by atoms with Crippen molar-refractivity contribution in [1.29, 1.82) is 0 Å². The molecule has 2 aliphatic rings. The molecule has 1 fully saturated rings. The first-order valence-electron chi connectivity index (χ1n) is 11.2. The van der Waals surface area contributed by atoms with Crippen molar-refractivity contribution in [1.82, 2.24) is 4.90 Å². The number of β-amino-alcohol motifs (C(OH)–C–C–N with tert-alkyl or cyclic N) is 1. The Bertz CT molecular complexity index is 1470. The Morgan fingerprint density at radius 1 is 1.22 bits per heavy atom. The highest BCUT2D eigenvalue weighted by atomic mass is 32.2. The Balaban J connectivity index is 1.47. The third kappa shape index (κ3) is 4.60. The van der Waals surface area contributed by atoms with E-state index < -0.39 is 27.9 Å². The van der Waals surface area contributed by atoms with Gasteiger partial charge in [-0.3, -0.25) is 9.62 Å². The van der Waals surface area contributed by atoms with Crippen molar-refractivity contribution in [3.63, 3.8) is 0 Å². The zero-order valence-corrected chi connectivity index (χ0v) is 19.8. The Labute approximate surface area is 206 Å². The summed E-state index contributed by atoms with van der Waals surface area (Å²) in [6, 6.07) is 7.85. The van der Waals surface area contributed by atoms with Crippen LogP contribution in [0.2, 0.25) is 0 Å². The second kappa shape index (κ2) is 9.41. The number of halogens is 1. The van der Waals surface area contributed by atoms with Crippen LogP contribution in [0.25, 0.3) is 17.2 Å². The summed E-state index contributed by atoms with van der Waals surface area (Å²) in [5, 5.41) is 19.6. The molecule has 2 aliphatic heterocycles. The summed E-state index contributed by atoms with van der Waals surface area (Å²) < 4.78 is 54.0. The molecule has 1 aromatic heterocycles. The third-order valence-corrected chi connectivity index (χ3v) is 7.61. The van der Waals surface area contributed by atoms with Gasteiger partial charge in [-0.25, -0.2) is 17.6 Å². The molecule has 0 amide bonds. The summed E-state index contributed by atoms with van der Waals surface area (Å²) in [5.41, 5.74) is 0.733. The highest BCUT2D eigenvalue weighted by Gasteiger charge is 2.30. The first-order chi connectivity index (χ1) is 17.2. The second-order valence-electron chi connectivity index (χ2n) is 8.61. The predicted octanol–water partition coefficient (Wildman–Crippen LogP) is 3.56. The SMILES string of the molecule is O=C(O)c1c(NS(=O)(=O)c2ccc(F)cc2/C=C\CN2CC[C@H](O)C2)ccc2c1OCc1occc1-2. The van der Waals surface area contributed by atoms with E-state index in [9.17, 15) is 27.8 Å². The molecule has 0 unspecified atom stereocenters. The normalized spacial score (nSPS) is 17.6. The van der Waals surface area contributed by atoms with E-state index in [1.54, 1.807) is 18.2 Å². The number of rotatable bonds is 7. The monoisotopic (exact) mass is 514 g/mol. The lowest BCUT2D eigenvalue weighted by atomic mass is 9.98. The molecule has 2 aromatic carbocycles. The Morgan fingerprint density at radius 3 is 2.81 bits per heavy atom. The lowest BCUT2D eigenvalue weighted by Crippen LogP contribution is -2.22. The lowest BCUT2D eigenvalue weighted by Gasteiger charge is -2.21. The van der Waals surface area contributed by atoms with Crippen molar-refractivity contribution in [2.24, 2.45) is 0 Å². The van der Waals surface area contributed by atoms with Gasteiger partial charge in [0.2, 0.25) is 0 Å². The third-order valence-electron chi connectivity index (χ3n) is 6.17. The molecule has 3 heterocycles. The topological polar surface area (TPSA) is 129 Å². The van der Waals surface area contributed by atoms with Gasteiger partial charge >= 0.3 is 5.97 Å². The summed E-state index contributed by atoms with van der Waals surface area (Å²) in [4.78, 5) is 13.9. The number of aliphatic hydroxyl groups excluding tert-OH is 1. The van der Waals surface area contributed by atoms with Crippen LogP contribution in [-0.2, 0) is 16.6 Å². The Hall–Kier alpha value is -3.67. The number of carbonyl (C=O) groups is 1. The van der Waals surface area contributed by atoms with Crippen LogP contribution < -0.4 is 9.46 Å². The fourth-order valence-electron chi connectivity index (χ4n) is 4.47. The van der Waals surface area contributed by atoms with E-state index in [1.807, 2.05) is 4.90 Å². The van der Waals surface area contributed by atoms with Gasteiger partial charge in [-0.15, -0.1) is 0 Å². The zero-order chi connectivity index (χ0) is 25.4. The average Bonchev–Trinajstić information content (AvgIpc) is 3.47. The first kappa shape index (κ1) is 24.0. The van der Waals surface area contributed by atoms with Gasteiger partial charge in [-0.1, -0.05) is 12.2 Å². The number of nitrogens with one attached hydrogen (secondary N) is 1. The van der Waals surface area contributed by atoms with E-state index in [0.29, 0.717) is 42.9 Å². The van der Waals surface area contributed by atoms with Crippen molar-refractivity contribution in [2.75, 3.05) is 24.4 Å². The summed E-state index contributed by atoms with van der Waals surface area (Å²) in [6.45, 7) is 1.69. The molecule has 1 atom stereocenters. The molecule has 11 heteroatoms. The van der Waals surface area contributed by atoms with E-state index in [-0.39, 0.29) is 34.1 Å². The molecule has 188 valence electrons. The number of carboxylic acids is 1. The molecule has 0 saturated carbocycles. The number of hydrogen-bond donors (Lipinski definition) is 3. The van der Waals surface area contributed by atoms with Crippen LogP contribution in [0.1, 0.15) is 28.1 Å². The number of aliphatic hydroxyl groups is 1. The molecule has 0 aliphatic carbocycles. The molecule has 3 aromatic rings. The molecular formula is C25H23FN2O7S. The number of ether oxygens (including phenoxy) is 1. The number of carboxylic acid groups (broad SMARTS) is 1. The molecule has 0 radical (unpaired) electrons. The van der Waals surface area contributed by atoms with Gasteiger partial charge in [0, 0.05) is 30.8 Å². The Kier molecular flexibility index (Phi) is 6.29. The van der Waals surface area contributed by atoms with Gasteiger partial charge in [0.05, 0.1) is 22.9 Å². The molecule has 0 bridgehead atoms. The molecule has 3 N–H and O–H groups in total. The summed E-state index contributed by atoms with van der Waals surface area (Å²) in [5.74, 6) is -1.42. The van der Waals surface area contributed by atoms with E-state index in [2.05, 4.69) is 4.72 Å². The van der Waals surface area contributed by atoms with Gasteiger partial charge in [0.1, 0.15) is 29.5 Å². The fourth-order valence-corrected chi connectivity index (χ4v) is 5.73. The van der Waals surface area contributed by atoms with Gasteiger partial charge in [0.25, 0.3) is 10.0 Å². The van der Waals surface area contributed by atoms with Crippen molar-refractivity contribution in [2.45, 2.75) is 24.0 Å². The van der Waals surface area contributed by atoms with Crippen LogP contribution in [0, 0.1) is 5.82 Å². The Morgan fingerprint density at radius 2 is 2.06 bits per heavy atom. The molecule has 5 rings (SSSR count). The van der Waals surface area contributed by atoms with Gasteiger partial charge < -0.3 is 19.4 Å². The minimum absolute atomic E-state index is 0.00671. The minimum atomic E-state index is -4.31. The van der Waals surface area contributed by atoms with Crippen LogP contribution >= 0.6 is 0 Å². The van der Waals surface area contributed by atoms with Gasteiger partial charge in [-0.2, -0.15) is 0 Å². The molecule has 1 saturated heterocycles. The number of sulfonamides is 1. The maximum atomic E-state index is 14.0. The fraction of sp³-hybridized carbons (Fsp3) is 0.240. The van der Waals surface area contributed by atoms with Crippen molar-refractivity contribution < 1.29 is 37.0 Å². The van der Waals surface area contributed by atoms with Gasteiger partial charge in [-0.05, 0) is 48.4 Å². The highest BCUT2D eigenvalue weighted by Crippen LogP contribution is 2.43. The number of furan rings is 1. The zero-order valence-electron chi connectivity index (χ0n) is 19.0. The molecule has 0 spiro atoms.